The third-order valence-electron chi connectivity index (χ3n) is 3.68. The molecule has 2 heteroatoms. The fourth-order valence-electron chi connectivity index (χ4n) is 2.72. The van der Waals surface area contributed by atoms with Gasteiger partial charge < -0.3 is 5.32 Å². The van der Waals surface area contributed by atoms with Crippen molar-refractivity contribution in [3.8, 4) is 0 Å². The van der Waals surface area contributed by atoms with Gasteiger partial charge in [0.05, 0.1) is 0 Å². The molecule has 1 nitrogen and oxygen atoms in total. The summed E-state index contributed by atoms with van der Waals surface area (Å²) in [6.45, 7) is 2.74. The lowest BCUT2D eigenvalue weighted by Gasteiger charge is -2.28. The van der Waals surface area contributed by atoms with Crippen molar-refractivity contribution in [1.82, 2.24) is 5.32 Å². The molecule has 18 heavy (non-hydrogen) atoms. The number of nitrogens with one attached hydrogen (secondary N) is 1. The van der Waals surface area contributed by atoms with Crippen molar-refractivity contribution >= 4 is 0 Å². The van der Waals surface area contributed by atoms with Crippen molar-refractivity contribution in [3.63, 3.8) is 0 Å². The summed E-state index contributed by atoms with van der Waals surface area (Å²) in [5, 5.41) is 3.48. The first kappa shape index (κ1) is 11.4. The first-order valence-electron chi connectivity index (χ1n) is 6.30. The van der Waals surface area contributed by atoms with Gasteiger partial charge in [0.25, 0.3) is 0 Å². The van der Waals surface area contributed by atoms with E-state index in [9.17, 15) is 4.39 Å². The highest BCUT2D eigenvalue weighted by atomic mass is 19.1. The van der Waals surface area contributed by atoms with Gasteiger partial charge in [-0.2, -0.15) is 0 Å². The Bertz CT molecular complexity index is 563. The van der Waals surface area contributed by atoms with Crippen LogP contribution in [0.1, 0.15) is 28.3 Å². The Morgan fingerprint density at radius 1 is 1.17 bits per heavy atom. The van der Waals surface area contributed by atoms with E-state index in [4.69, 9.17) is 0 Å². The summed E-state index contributed by atoms with van der Waals surface area (Å²) >= 11 is 0. The second-order valence-electron chi connectivity index (χ2n) is 4.91. The van der Waals surface area contributed by atoms with Gasteiger partial charge in [-0.15, -0.1) is 0 Å². The van der Waals surface area contributed by atoms with Gasteiger partial charge in [-0.05, 0) is 47.7 Å². The van der Waals surface area contributed by atoms with E-state index in [0.29, 0.717) is 6.04 Å². The van der Waals surface area contributed by atoms with Crippen molar-refractivity contribution < 1.29 is 4.39 Å². The van der Waals surface area contributed by atoms with Crippen LogP contribution in [0.25, 0.3) is 0 Å². The highest BCUT2D eigenvalue weighted by Crippen LogP contribution is 2.28. The normalized spacial score (nSPS) is 18.4. The maximum atomic E-state index is 13.3. The number of hydrogen-bond donors (Lipinski definition) is 1. The van der Waals surface area contributed by atoms with Crippen LogP contribution >= 0.6 is 0 Å². The minimum atomic E-state index is -0.133. The van der Waals surface area contributed by atoms with Crippen LogP contribution in [-0.4, -0.2) is 0 Å². The lowest BCUT2D eigenvalue weighted by Crippen LogP contribution is -2.29. The molecule has 0 fully saturated rings. The van der Waals surface area contributed by atoms with E-state index in [1.165, 1.54) is 11.1 Å². The van der Waals surface area contributed by atoms with Crippen LogP contribution in [0, 0.1) is 12.7 Å². The zero-order valence-electron chi connectivity index (χ0n) is 10.4. The standard InChI is InChI=1S/C16H16FN/c1-11-7-14(17)8-13-10-18-16(9-15(11)13)12-5-3-2-4-6-12/h2-8,16,18H,9-10H2,1H3. The Morgan fingerprint density at radius 2 is 1.94 bits per heavy atom. The van der Waals surface area contributed by atoms with E-state index >= 15 is 0 Å². The van der Waals surface area contributed by atoms with Crippen LogP contribution in [0.15, 0.2) is 42.5 Å². The minimum Gasteiger partial charge on any atom is -0.306 e. The molecule has 1 N–H and O–H groups in total. The van der Waals surface area contributed by atoms with E-state index in [1.54, 1.807) is 12.1 Å². The van der Waals surface area contributed by atoms with E-state index < -0.39 is 0 Å². The first-order chi connectivity index (χ1) is 8.74. The molecular weight excluding hydrogens is 225 g/mol. The molecule has 92 valence electrons. The van der Waals surface area contributed by atoms with Crippen molar-refractivity contribution in [3.05, 3.63) is 70.5 Å². The van der Waals surface area contributed by atoms with Crippen LogP contribution < -0.4 is 5.32 Å². The van der Waals surface area contributed by atoms with Gasteiger partial charge in [0.15, 0.2) is 0 Å². The summed E-state index contributed by atoms with van der Waals surface area (Å²) in [5.41, 5.74) is 4.75. The molecular formula is C16H16FN. The van der Waals surface area contributed by atoms with E-state index in [1.807, 2.05) is 13.0 Å². The average Bonchev–Trinajstić information content (AvgIpc) is 2.39. The monoisotopic (exact) mass is 241 g/mol. The zero-order valence-corrected chi connectivity index (χ0v) is 10.4. The van der Waals surface area contributed by atoms with Gasteiger partial charge in [-0.25, -0.2) is 4.39 Å². The summed E-state index contributed by atoms with van der Waals surface area (Å²) in [5.74, 6) is -0.133. The Labute approximate surface area is 107 Å². The molecule has 1 heterocycles. The SMILES string of the molecule is Cc1cc(F)cc2c1CC(c1ccccc1)NC2. The summed E-state index contributed by atoms with van der Waals surface area (Å²) in [6.07, 6.45) is 0.936. The molecule has 2 aromatic rings. The van der Waals surface area contributed by atoms with Crippen molar-refractivity contribution in [2.24, 2.45) is 0 Å². The smallest absolute Gasteiger partial charge is 0.123 e. The summed E-state index contributed by atoms with van der Waals surface area (Å²) in [6, 6.07) is 14.0. The lowest BCUT2D eigenvalue weighted by molar-refractivity contribution is 0.493. The highest BCUT2D eigenvalue weighted by Gasteiger charge is 2.21. The third kappa shape index (κ3) is 2.04. The van der Waals surface area contributed by atoms with Crippen molar-refractivity contribution in [1.29, 1.82) is 0 Å². The van der Waals surface area contributed by atoms with Gasteiger partial charge in [-0.3, -0.25) is 0 Å². The molecule has 0 saturated carbocycles. The fourth-order valence-corrected chi connectivity index (χ4v) is 2.72. The molecule has 1 aliphatic heterocycles. The number of hydrogen-bond acceptors (Lipinski definition) is 1. The molecule has 0 amide bonds. The Kier molecular flexibility index (Phi) is 2.88. The number of fused-ring (bicyclic) bond motifs is 1. The Morgan fingerprint density at radius 3 is 2.72 bits per heavy atom. The van der Waals surface area contributed by atoms with Crippen molar-refractivity contribution in [2.75, 3.05) is 0 Å². The summed E-state index contributed by atoms with van der Waals surface area (Å²) < 4.78 is 13.3. The van der Waals surface area contributed by atoms with Crippen LogP contribution in [0.5, 0.6) is 0 Å². The molecule has 2 aromatic carbocycles. The maximum Gasteiger partial charge on any atom is 0.123 e. The molecule has 0 radical (unpaired) electrons. The van der Waals surface area contributed by atoms with Crippen LogP contribution in [0.3, 0.4) is 0 Å². The Hall–Kier alpha value is -1.67. The second-order valence-corrected chi connectivity index (χ2v) is 4.91. The maximum absolute atomic E-state index is 13.3. The van der Waals surface area contributed by atoms with Crippen LogP contribution in [0.2, 0.25) is 0 Å². The van der Waals surface area contributed by atoms with Gasteiger partial charge in [0, 0.05) is 12.6 Å². The minimum absolute atomic E-state index is 0.133. The predicted octanol–water partition coefficient (Wildman–Crippen LogP) is 3.52. The molecule has 1 aliphatic rings. The molecule has 0 spiro atoms. The summed E-state index contributed by atoms with van der Waals surface area (Å²) in [7, 11) is 0. The van der Waals surface area contributed by atoms with Crippen LogP contribution in [-0.2, 0) is 13.0 Å². The quantitative estimate of drug-likeness (QED) is 0.805. The zero-order chi connectivity index (χ0) is 12.5. The van der Waals surface area contributed by atoms with Gasteiger partial charge in [-0.1, -0.05) is 30.3 Å². The second kappa shape index (κ2) is 4.54. The van der Waals surface area contributed by atoms with Crippen molar-refractivity contribution in [2.45, 2.75) is 25.9 Å². The molecule has 1 unspecified atom stereocenters. The largest absolute Gasteiger partial charge is 0.306 e. The first-order valence-corrected chi connectivity index (χ1v) is 6.30. The molecule has 0 saturated heterocycles. The number of rotatable bonds is 1. The fraction of sp³-hybridized carbons (Fsp3) is 0.250. The third-order valence-corrected chi connectivity index (χ3v) is 3.68. The van der Waals surface area contributed by atoms with E-state index in [-0.39, 0.29) is 5.82 Å². The van der Waals surface area contributed by atoms with Gasteiger partial charge in [0.2, 0.25) is 0 Å². The number of halogens is 1. The van der Waals surface area contributed by atoms with Crippen LogP contribution in [0.4, 0.5) is 4.39 Å². The Balaban J connectivity index is 1.94. The predicted molar refractivity (Wildman–Crippen MR) is 70.9 cm³/mol. The molecule has 3 rings (SSSR count). The topological polar surface area (TPSA) is 12.0 Å². The van der Waals surface area contributed by atoms with E-state index in [0.717, 1.165) is 24.1 Å². The number of benzene rings is 2. The highest BCUT2D eigenvalue weighted by molar-refractivity contribution is 5.39. The van der Waals surface area contributed by atoms with Gasteiger partial charge >= 0.3 is 0 Å². The lowest BCUT2D eigenvalue weighted by atomic mass is 9.89. The molecule has 1 atom stereocenters. The average molecular weight is 241 g/mol. The van der Waals surface area contributed by atoms with E-state index in [2.05, 4.69) is 29.6 Å². The molecule has 0 bridgehead atoms. The molecule has 0 aliphatic carbocycles. The summed E-state index contributed by atoms with van der Waals surface area (Å²) in [4.78, 5) is 0. The van der Waals surface area contributed by atoms with Gasteiger partial charge in [0.1, 0.15) is 5.82 Å². The molecule has 0 aromatic heterocycles. The number of aryl methyl sites for hydroxylation is 1.